The van der Waals surface area contributed by atoms with Gasteiger partial charge in [-0.2, -0.15) is 0 Å². The molecule has 154 valence electrons. The van der Waals surface area contributed by atoms with Gasteiger partial charge in [0, 0.05) is 45.0 Å². The van der Waals surface area contributed by atoms with E-state index in [9.17, 15) is 14.0 Å². The summed E-state index contributed by atoms with van der Waals surface area (Å²) in [6.07, 6.45) is 0.602. The lowest BCUT2D eigenvalue weighted by molar-refractivity contribution is -0.121. The monoisotopic (exact) mass is 411 g/mol. The van der Waals surface area contributed by atoms with Crippen LogP contribution < -0.4 is 11.1 Å². The van der Waals surface area contributed by atoms with Gasteiger partial charge in [0.15, 0.2) is 0 Å². The molecule has 2 fully saturated rings. The van der Waals surface area contributed by atoms with Gasteiger partial charge in [-0.25, -0.2) is 9.18 Å². The highest BCUT2D eigenvalue weighted by atomic mass is 35.5. The molecule has 0 aromatic heterocycles. The minimum atomic E-state index is -0.588. The largest absolute Gasteiger partial charge is 0.330 e. The second-order valence-corrected chi connectivity index (χ2v) is 8.04. The van der Waals surface area contributed by atoms with Crippen LogP contribution in [0.15, 0.2) is 18.2 Å². The second-order valence-electron chi connectivity index (χ2n) is 7.63. The highest BCUT2D eigenvalue weighted by Gasteiger charge is 2.35. The van der Waals surface area contributed by atoms with Crippen LogP contribution in [0.3, 0.4) is 0 Å². The fourth-order valence-electron chi connectivity index (χ4n) is 3.74. The summed E-state index contributed by atoms with van der Waals surface area (Å²) in [6, 6.07) is 4.11. The molecule has 2 atom stereocenters. The third kappa shape index (κ3) is 4.92. The van der Waals surface area contributed by atoms with Gasteiger partial charge in [0.1, 0.15) is 5.82 Å². The van der Waals surface area contributed by atoms with Crippen molar-refractivity contribution in [3.8, 4) is 0 Å². The van der Waals surface area contributed by atoms with E-state index in [0.717, 1.165) is 13.1 Å². The van der Waals surface area contributed by atoms with Crippen LogP contribution in [0.2, 0.25) is 5.02 Å². The number of likely N-dealkylation sites (tertiary alicyclic amines) is 1. The van der Waals surface area contributed by atoms with Gasteiger partial charge in [-0.1, -0.05) is 11.6 Å². The van der Waals surface area contributed by atoms with Gasteiger partial charge in [0.25, 0.3) is 0 Å². The Labute approximate surface area is 169 Å². The molecule has 0 unspecified atom stereocenters. The van der Waals surface area contributed by atoms with E-state index < -0.39 is 11.7 Å². The van der Waals surface area contributed by atoms with E-state index in [-0.39, 0.29) is 22.9 Å². The molecular formula is C19H27ClFN5O2. The van der Waals surface area contributed by atoms with Crippen molar-refractivity contribution < 1.29 is 14.0 Å². The van der Waals surface area contributed by atoms with Gasteiger partial charge in [-0.3, -0.25) is 4.79 Å². The normalized spacial score (nSPS) is 23.6. The molecule has 0 radical (unpaired) electrons. The Hall–Kier alpha value is -1.90. The number of carbonyl (C=O) groups excluding carboxylic acids is 2. The summed E-state index contributed by atoms with van der Waals surface area (Å²) in [7, 11) is 2.03. The number of carbonyl (C=O) groups is 2. The number of piperidine rings is 1. The van der Waals surface area contributed by atoms with Crippen LogP contribution in [0.25, 0.3) is 0 Å². The number of likely N-dealkylation sites (N-methyl/N-ethyl adjacent to an activating group) is 1. The number of nitrogens with zero attached hydrogens (tertiary/aromatic N) is 3. The maximum atomic E-state index is 13.6. The molecule has 3 amide bonds. The Kier molecular flexibility index (Phi) is 6.74. The molecule has 2 heterocycles. The van der Waals surface area contributed by atoms with E-state index in [0.29, 0.717) is 44.8 Å². The van der Waals surface area contributed by atoms with Gasteiger partial charge in [0.05, 0.1) is 10.9 Å². The zero-order valence-corrected chi connectivity index (χ0v) is 16.8. The fraction of sp³-hybridized carbons (Fsp3) is 0.579. The van der Waals surface area contributed by atoms with Gasteiger partial charge < -0.3 is 25.8 Å². The van der Waals surface area contributed by atoms with E-state index >= 15 is 0 Å². The molecule has 9 heteroatoms. The topological polar surface area (TPSA) is 81.9 Å². The van der Waals surface area contributed by atoms with Crippen molar-refractivity contribution >= 4 is 29.2 Å². The third-order valence-corrected chi connectivity index (χ3v) is 5.78. The SMILES string of the molecule is CN1CCN(C(=O)N2C[C@H](CN)C[C@H](C(=O)Nc3ccc(Cl)c(F)c3)C2)CC1. The van der Waals surface area contributed by atoms with Crippen molar-refractivity contribution in [1.29, 1.82) is 0 Å². The van der Waals surface area contributed by atoms with Crippen LogP contribution in [-0.4, -0.2) is 79.5 Å². The lowest BCUT2D eigenvalue weighted by Crippen LogP contribution is -2.56. The number of hydrogen-bond donors (Lipinski definition) is 2. The fourth-order valence-corrected chi connectivity index (χ4v) is 3.85. The van der Waals surface area contributed by atoms with E-state index in [1.165, 1.54) is 12.1 Å². The van der Waals surface area contributed by atoms with Crippen LogP contribution in [0.4, 0.5) is 14.9 Å². The Bertz CT molecular complexity index is 726. The molecular weight excluding hydrogens is 385 g/mol. The lowest BCUT2D eigenvalue weighted by Gasteiger charge is -2.41. The Balaban J connectivity index is 1.66. The number of nitrogens with one attached hydrogen (secondary N) is 1. The zero-order chi connectivity index (χ0) is 20.3. The van der Waals surface area contributed by atoms with Gasteiger partial charge in [0.2, 0.25) is 5.91 Å². The number of hydrogen-bond acceptors (Lipinski definition) is 4. The van der Waals surface area contributed by atoms with Crippen molar-refractivity contribution in [2.45, 2.75) is 6.42 Å². The predicted octanol–water partition coefficient (Wildman–Crippen LogP) is 1.68. The van der Waals surface area contributed by atoms with Crippen LogP contribution in [0, 0.1) is 17.7 Å². The van der Waals surface area contributed by atoms with Gasteiger partial charge >= 0.3 is 6.03 Å². The average molecular weight is 412 g/mol. The Morgan fingerprint density at radius 1 is 1.21 bits per heavy atom. The van der Waals surface area contributed by atoms with Crippen molar-refractivity contribution in [2.24, 2.45) is 17.6 Å². The molecule has 28 heavy (non-hydrogen) atoms. The summed E-state index contributed by atoms with van der Waals surface area (Å²) in [5.74, 6) is -1.16. The maximum absolute atomic E-state index is 13.6. The predicted molar refractivity (Wildman–Crippen MR) is 107 cm³/mol. The number of anilines is 1. The van der Waals surface area contributed by atoms with E-state index in [1.54, 1.807) is 11.0 Å². The summed E-state index contributed by atoms with van der Waals surface area (Å²) < 4.78 is 13.6. The molecule has 3 N–H and O–H groups in total. The average Bonchev–Trinajstić information content (AvgIpc) is 2.70. The molecule has 0 bridgehead atoms. The van der Waals surface area contributed by atoms with Crippen molar-refractivity contribution in [2.75, 3.05) is 58.2 Å². The maximum Gasteiger partial charge on any atom is 0.320 e. The first-order valence-corrected chi connectivity index (χ1v) is 9.93. The number of piperazine rings is 1. The second kappa shape index (κ2) is 9.07. The van der Waals surface area contributed by atoms with Gasteiger partial charge in [-0.15, -0.1) is 0 Å². The highest BCUT2D eigenvalue weighted by Crippen LogP contribution is 2.25. The van der Waals surface area contributed by atoms with Gasteiger partial charge in [-0.05, 0) is 44.1 Å². The summed E-state index contributed by atoms with van der Waals surface area (Å²) in [6.45, 7) is 4.34. The first kappa shape index (κ1) is 20.8. The number of rotatable bonds is 3. The number of benzene rings is 1. The summed E-state index contributed by atoms with van der Waals surface area (Å²) in [5.41, 5.74) is 6.21. The van der Waals surface area contributed by atoms with E-state index in [4.69, 9.17) is 17.3 Å². The standard InChI is InChI=1S/C19H27ClFN5O2/c1-24-4-6-25(7-5-24)19(28)26-11-13(10-22)8-14(12-26)18(27)23-15-2-3-16(20)17(21)9-15/h2-3,9,13-14H,4-8,10-12,22H2,1H3,(H,23,27)/t13-,14-/m0/s1. The molecule has 1 aromatic rings. The van der Waals surface area contributed by atoms with Crippen molar-refractivity contribution in [3.63, 3.8) is 0 Å². The van der Waals surface area contributed by atoms with Crippen molar-refractivity contribution in [3.05, 3.63) is 29.0 Å². The molecule has 2 aliphatic rings. The Morgan fingerprint density at radius 2 is 1.93 bits per heavy atom. The lowest BCUT2D eigenvalue weighted by atomic mass is 9.88. The number of amides is 3. The van der Waals surface area contributed by atoms with Crippen LogP contribution >= 0.6 is 11.6 Å². The summed E-state index contributed by atoms with van der Waals surface area (Å²) >= 11 is 5.69. The van der Waals surface area contributed by atoms with Crippen LogP contribution in [-0.2, 0) is 4.79 Å². The molecule has 1 aromatic carbocycles. The third-order valence-electron chi connectivity index (χ3n) is 5.47. The van der Waals surface area contributed by atoms with Crippen LogP contribution in [0.1, 0.15) is 6.42 Å². The number of halogens is 2. The molecule has 2 saturated heterocycles. The quantitative estimate of drug-likeness (QED) is 0.792. The number of nitrogens with two attached hydrogens (primary N) is 1. The zero-order valence-electron chi connectivity index (χ0n) is 16.0. The minimum Gasteiger partial charge on any atom is -0.330 e. The minimum absolute atomic E-state index is 0.00260. The first-order valence-electron chi connectivity index (χ1n) is 9.55. The molecule has 2 aliphatic heterocycles. The molecule has 7 nitrogen and oxygen atoms in total. The first-order chi connectivity index (χ1) is 13.4. The molecule has 3 rings (SSSR count). The van der Waals surface area contributed by atoms with Crippen molar-refractivity contribution in [1.82, 2.24) is 14.7 Å². The molecule has 0 saturated carbocycles. The highest BCUT2D eigenvalue weighted by molar-refractivity contribution is 6.30. The number of urea groups is 1. The summed E-state index contributed by atoms with van der Waals surface area (Å²) in [4.78, 5) is 31.4. The summed E-state index contributed by atoms with van der Waals surface area (Å²) in [5, 5.41) is 2.74. The van der Waals surface area contributed by atoms with Crippen LogP contribution in [0.5, 0.6) is 0 Å². The van der Waals surface area contributed by atoms with E-state index in [1.807, 2.05) is 11.9 Å². The van der Waals surface area contributed by atoms with E-state index in [2.05, 4.69) is 10.2 Å². The Morgan fingerprint density at radius 3 is 2.57 bits per heavy atom. The molecule has 0 aliphatic carbocycles. The smallest absolute Gasteiger partial charge is 0.320 e. The molecule has 0 spiro atoms.